The topological polar surface area (TPSA) is 56.1 Å². The fraction of sp³-hybridized carbons (Fsp3) is 0.529. The maximum absolute atomic E-state index is 12.0. The molecule has 1 aliphatic heterocycles. The predicted octanol–water partition coefficient (Wildman–Crippen LogP) is 2.29. The van der Waals surface area contributed by atoms with E-state index >= 15 is 0 Å². The number of amides is 1. The molecular weight excluding hydrogens is 262 g/mol. The Morgan fingerprint density at radius 2 is 1.95 bits per heavy atom. The number of nitriles is 1. The molecule has 112 valence electrons. The van der Waals surface area contributed by atoms with Gasteiger partial charge in [-0.3, -0.25) is 9.69 Å². The van der Waals surface area contributed by atoms with Crippen LogP contribution < -0.4 is 5.32 Å². The zero-order valence-corrected chi connectivity index (χ0v) is 12.8. The van der Waals surface area contributed by atoms with Gasteiger partial charge in [0.25, 0.3) is 0 Å². The van der Waals surface area contributed by atoms with Crippen molar-refractivity contribution < 1.29 is 4.79 Å². The monoisotopic (exact) mass is 285 g/mol. The summed E-state index contributed by atoms with van der Waals surface area (Å²) >= 11 is 0. The molecular formula is C17H23N3O. The van der Waals surface area contributed by atoms with Crippen molar-refractivity contribution in [2.45, 2.75) is 39.3 Å². The van der Waals surface area contributed by atoms with E-state index in [1.807, 2.05) is 38.1 Å². The Kier molecular flexibility index (Phi) is 5.35. The Morgan fingerprint density at radius 1 is 1.33 bits per heavy atom. The minimum absolute atomic E-state index is 0.157. The van der Waals surface area contributed by atoms with Gasteiger partial charge in [0.05, 0.1) is 11.6 Å². The lowest BCUT2D eigenvalue weighted by atomic mass is 9.95. The van der Waals surface area contributed by atoms with Crippen molar-refractivity contribution in [2.24, 2.45) is 5.92 Å². The van der Waals surface area contributed by atoms with E-state index in [4.69, 9.17) is 5.26 Å². The number of piperidine rings is 1. The molecule has 1 aromatic rings. The molecule has 21 heavy (non-hydrogen) atoms. The van der Waals surface area contributed by atoms with Crippen LogP contribution in [0.2, 0.25) is 0 Å². The highest BCUT2D eigenvalue weighted by molar-refractivity contribution is 5.78. The largest absolute Gasteiger partial charge is 0.354 e. The SMILES string of the molecule is CC(C)NC(=O)C1CCN(Cc2ccc(C#N)cc2)CC1. The first-order valence-corrected chi connectivity index (χ1v) is 7.60. The van der Waals surface area contributed by atoms with Crippen LogP contribution in [0.1, 0.15) is 37.8 Å². The average Bonchev–Trinajstić information content (AvgIpc) is 2.48. The smallest absolute Gasteiger partial charge is 0.223 e. The molecule has 0 aliphatic carbocycles. The van der Waals surface area contributed by atoms with Gasteiger partial charge in [-0.1, -0.05) is 12.1 Å². The Morgan fingerprint density at radius 3 is 2.48 bits per heavy atom. The lowest BCUT2D eigenvalue weighted by Gasteiger charge is -2.31. The van der Waals surface area contributed by atoms with E-state index in [2.05, 4.69) is 16.3 Å². The molecule has 0 radical (unpaired) electrons. The van der Waals surface area contributed by atoms with Gasteiger partial charge in [-0.25, -0.2) is 0 Å². The molecule has 0 aromatic heterocycles. The van der Waals surface area contributed by atoms with Crippen molar-refractivity contribution in [3.63, 3.8) is 0 Å². The molecule has 1 aliphatic rings. The third-order valence-electron chi connectivity index (χ3n) is 3.88. The first-order valence-electron chi connectivity index (χ1n) is 7.60. The molecule has 1 fully saturated rings. The Balaban J connectivity index is 1.81. The van der Waals surface area contributed by atoms with E-state index < -0.39 is 0 Å². The van der Waals surface area contributed by atoms with Gasteiger partial charge in [0.2, 0.25) is 5.91 Å². The highest BCUT2D eigenvalue weighted by atomic mass is 16.1. The van der Waals surface area contributed by atoms with Crippen molar-refractivity contribution >= 4 is 5.91 Å². The zero-order chi connectivity index (χ0) is 15.2. The Bertz CT molecular complexity index is 508. The van der Waals surface area contributed by atoms with Crippen LogP contribution in [0.3, 0.4) is 0 Å². The molecule has 1 heterocycles. The summed E-state index contributed by atoms with van der Waals surface area (Å²) in [5.74, 6) is 0.354. The van der Waals surface area contributed by atoms with Gasteiger partial charge in [-0.05, 0) is 57.5 Å². The fourth-order valence-electron chi connectivity index (χ4n) is 2.70. The molecule has 1 saturated heterocycles. The van der Waals surface area contributed by atoms with Crippen molar-refractivity contribution in [2.75, 3.05) is 13.1 Å². The highest BCUT2D eigenvalue weighted by Gasteiger charge is 2.25. The second-order valence-corrected chi connectivity index (χ2v) is 6.02. The lowest BCUT2D eigenvalue weighted by molar-refractivity contribution is -0.127. The molecule has 4 nitrogen and oxygen atoms in total. The van der Waals surface area contributed by atoms with Crippen LogP contribution >= 0.6 is 0 Å². The second-order valence-electron chi connectivity index (χ2n) is 6.02. The number of carbonyl (C=O) groups is 1. The molecule has 4 heteroatoms. The number of nitrogens with one attached hydrogen (secondary N) is 1. The van der Waals surface area contributed by atoms with E-state index in [0.717, 1.165) is 32.5 Å². The summed E-state index contributed by atoms with van der Waals surface area (Å²) in [4.78, 5) is 14.4. The quantitative estimate of drug-likeness (QED) is 0.923. The summed E-state index contributed by atoms with van der Waals surface area (Å²) in [6.45, 7) is 6.80. The molecule has 1 aromatic carbocycles. The number of nitrogens with zero attached hydrogens (tertiary/aromatic N) is 2. The van der Waals surface area contributed by atoms with Crippen LogP contribution in [-0.2, 0) is 11.3 Å². The van der Waals surface area contributed by atoms with E-state index in [9.17, 15) is 4.79 Å². The van der Waals surface area contributed by atoms with Gasteiger partial charge < -0.3 is 5.32 Å². The Hall–Kier alpha value is -1.86. The number of benzene rings is 1. The van der Waals surface area contributed by atoms with Crippen LogP contribution in [0.5, 0.6) is 0 Å². The summed E-state index contributed by atoms with van der Waals surface area (Å²) in [6, 6.07) is 10.1. The summed E-state index contributed by atoms with van der Waals surface area (Å²) < 4.78 is 0. The van der Waals surface area contributed by atoms with Gasteiger partial charge in [0.1, 0.15) is 0 Å². The molecule has 0 unspecified atom stereocenters. The minimum Gasteiger partial charge on any atom is -0.354 e. The van der Waals surface area contributed by atoms with E-state index in [-0.39, 0.29) is 17.9 Å². The minimum atomic E-state index is 0.157. The van der Waals surface area contributed by atoms with Crippen molar-refractivity contribution in [3.8, 4) is 6.07 Å². The third kappa shape index (κ3) is 4.57. The van der Waals surface area contributed by atoms with Gasteiger partial charge in [-0.2, -0.15) is 5.26 Å². The maximum Gasteiger partial charge on any atom is 0.223 e. The van der Waals surface area contributed by atoms with E-state index in [1.165, 1.54) is 5.56 Å². The molecule has 2 rings (SSSR count). The van der Waals surface area contributed by atoms with Gasteiger partial charge in [0.15, 0.2) is 0 Å². The third-order valence-corrected chi connectivity index (χ3v) is 3.88. The van der Waals surface area contributed by atoms with Crippen molar-refractivity contribution in [1.82, 2.24) is 10.2 Å². The number of carbonyl (C=O) groups excluding carboxylic acids is 1. The predicted molar refractivity (Wildman–Crippen MR) is 82.4 cm³/mol. The average molecular weight is 285 g/mol. The molecule has 1 amide bonds. The summed E-state index contributed by atoms with van der Waals surface area (Å²) in [5.41, 5.74) is 1.92. The molecule has 0 atom stereocenters. The summed E-state index contributed by atoms with van der Waals surface area (Å²) in [7, 11) is 0. The van der Waals surface area contributed by atoms with Crippen LogP contribution in [0, 0.1) is 17.2 Å². The van der Waals surface area contributed by atoms with Crippen LogP contribution in [0.4, 0.5) is 0 Å². The first kappa shape index (κ1) is 15.5. The molecule has 1 N–H and O–H groups in total. The standard InChI is InChI=1S/C17H23N3O/c1-13(2)19-17(21)16-7-9-20(10-8-16)12-15-5-3-14(11-18)4-6-15/h3-6,13,16H,7-10,12H2,1-2H3,(H,19,21). The van der Waals surface area contributed by atoms with Gasteiger partial charge in [0, 0.05) is 18.5 Å². The number of hydrogen-bond donors (Lipinski definition) is 1. The van der Waals surface area contributed by atoms with Crippen LogP contribution in [0.25, 0.3) is 0 Å². The van der Waals surface area contributed by atoms with E-state index in [1.54, 1.807) is 0 Å². The van der Waals surface area contributed by atoms with Crippen molar-refractivity contribution in [3.05, 3.63) is 35.4 Å². The molecule has 0 saturated carbocycles. The maximum atomic E-state index is 12.0. The highest BCUT2D eigenvalue weighted by Crippen LogP contribution is 2.19. The number of hydrogen-bond acceptors (Lipinski definition) is 3. The summed E-state index contributed by atoms with van der Waals surface area (Å²) in [6.07, 6.45) is 1.85. The second kappa shape index (κ2) is 7.24. The van der Waals surface area contributed by atoms with Gasteiger partial charge >= 0.3 is 0 Å². The van der Waals surface area contributed by atoms with Gasteiger partial charge in [-0.15, -0.1) is 0 Å². The number of rotatable bonds is 4. The Labute approximate surface area is 126 Å². The lowest BCUT2D eigenvalue weighted by Crippen LogP contribution is -2.42. The first-order chi connectivity index (χ1) is 10.1. The fourth-order valence-corrected chi connectivity index (χ4v) is 2.70. The molecule has 0 spiro atoms. The van der Waals surface area contributed by atoms with Crippen LogP contribution in [0.15, 0.2) is 24.3 Å². The van der Waals surface area contributed by atoms with Crippen molar-refractivity contribution in [1.29, 1.82) is 5.26 Å². The summed E-state index contributed by atoms with van der Waals surface area (Å²) in [5, 5.41) is 11.8. The van der Waals surface area contributed by atoms with Crippen LogP contribution in [-0.4, -0.2) is 29.9 Å². The zero-order valence-electron chi connectivity index (χ0n) is 12.8. The number of likely N-dealkylation sites (tertiary alicyclic amines) is 1. The van der Waals surface area contributed by atoms with E-state index in [0.29, 0.717) is 5.56 Å². The molecule has 0 bridgehead atoms. The normalized spacial score (nSPS) is 16.7.